The van der Waals surface area contributed by atoms with Crippen LogP contribution in [0.4, 0.5) is 5.82 Å². The quantitative estimate of drug-likeness (QED) is 0.813. The van der Waals surface area contributed by atoms with Crippen LogP contribution in [-0.4, -0.2) is 25.1 Å². The summed E-state index contributed by atoms with van der Waals surface area (Å²) >= 11 is 0. The average molecular weight is 218 g/mol. The van der Waals surface area contributed by atoms with Crippen LogP contribution in [0.25, 0.3) is 0 Å². The molecule has 0 aromatic carbocycles. The van der Waals surface area contributed by atoms with E-state index in [4.69, 9.17) is 0 Å². The third-order valence-corrected chi connectivity index (χ3v) is 2.27. The smallest absolute Gasteiger partial charge is 0.148 e. The van der Waals surface area contributed by atoms with Crippen molar-refractivity contribution in [1.29, 1.82) is 0 Å². The van der Waals surface area contributed by atoms with Gasteiger partial charge in [-0.25, -0.2) is 9.97 Å². The summed E-state index contributed by atoms with van der Waals surface area (Å²) in [5, 5.41) is 9.88. The second-order valence-corrected chi connectivity index (χ2v) is 3.68. The summed E-state index contributed by atoms with van der Waals surface area (Å²) < 4.78 is 0. The van der Waals surface area contributed by atoms with Gasteiger partial charge in [-0.1, -0.05) is 0 Å². The number of rotatable bonds is 3. The second-order valence-electron chi connectivity index (χ2n) is 3.68. The van der Waals surface area contributed by atoms with Gasteiger partial charge < -0.3 is 5.32 Å². The largest absolute Gasteiger partial charge is 0.359 e. The molecule has 1 atom stereocenters. The molecule has 6 nitrogen and oxygen atoms in total. The van der Waals surface area contributed by atoms with Crippen molar-refractivity contribution >= 4 is 5.82 Å². The maximum Gasteiger partial charge on any atom is 0.148 e. The molecule has 6 heteroatoms. The fraction of sp³-hybridized carbons (Fsp3) is 0.400. The second kappa shape index (κ2) is 4.26. The van der Waals surface area contributed by atoms with E-state index in [0.717, 1.165) is 23.0 Å². The van der Waals surface area contributed by atoms with Crippen LogP contribution < -0.4 is 5.32 Å². The third kappa shape index (κ3) is 2.16. The van der Waals surface area contributed by atoms with Crippen LogP contribution in [0.1, 0.15) is 30.2 Å². The first kappa shape index (κ1) is 10.5. The molecule has 0 radical (unpaired) electrons. The van der Waals surface area contributed by atoms with Gasteiger partial charge in [0, 0.05) is 6.20 Å². The van der Waals surface area contributed by atoms with Crippen molar-refractivity contribution in [3.05, 3.63) is 29.7 Å². The van der Waals surface area contributed by atoms with Gasteiger partial charge in [-0.05, 0) is 20.8 Å². The topological polar surface area (TPSA) is 79.4 Å². The highest BCUT2D eigenvalue weighted by Crippen LogP contribution is 2.16. The molecule has 0 spiro atoms. The molecular formula is C10H14N6. The predicted octanol–water partition coefficient (Wildman–Crippen LogP) is 1.38. The summed E-state index contributed by atoms with van der Waals surface area (Å²) in [7, 11) is 0. The number of hydrogen-bond acceptors (Lipinski definition) is 5. The molecule has 0 saturated carbocycles. The van der Waals surface area contributed by atoms with Crippen molar-refractivity contribution in [2.75, 3.05) is 5.32 Å². The molecule has 0 aliphatic carbocycles. The van der Waals surface area contributed by atoms with Crippen molar-refractivity contribution in [1.82, 2.24) is 25.1 Å². The molecular weight excluding hydrogens is 204 g/mol. The molecule has 2 rings (SSSR count). The van der Waals surface area contributed by atoms with Gasteiger partial charge in [0.15, 0.2) is 0 Å². The summed E-state index contributed by atoms with van der Waals surface area (Å²) in [6.07, 6.45) is 3.24. The van der Waals surface area contributed by atoms with Crippen LogP contribution in [0.15, 0.2) is 12.5 Å². The Bertz CT molecular complexity index is 464. The summed E-state index contributed by atoms with van der Waals surface area (Å²) in [6.45, 7) is 5.82. The Kier molecular flexibility index (Phi) is 2.80. The van der Waals surface area contributed by atoms with Crippen LogP contribution in [0, 0.1) is 13.8 Å². The molecule has 2 aromatic heterocycles. The fourth-order valence-corrected chi connectivity index (χ4v) is 1.37. The highest BCUT2D eigenvalue weighted by atomic mass is 15.2. The highest BCUT2D eigenvalue weighted by molar-refractivity contribution is 5.41. The van der Waals surface area contributed by atoms with E-state index in [1.54, 1.807) is 6.20 Å². The number of H-pyrrole nitrogens is 1. The lowest BCUT2D eigenvalue weighted by molar-refractivity contribution is 0.785. The Morgan fingerprint density at radius 2 is 2.12 bits per heavy atom. The van der Waals surface area contributed by atoms with Crippen molar-refractivity contribution in [3.8, 4) is 0 Å². The molecule has 0 fully saturated rings. The number of aromatic nitrogens is 5. The fourth-order valence-electron chi connectivity index (χ4n) is 1.37. The number of hydrogen-bond donors (Lipinski definition) is 2. The summed E-state index contributed by atoms with van der Waals surface area (Å²) in [5.74, 6) is 1.56. The first-order valence-electron chi connectivity index (χ1n) is 5.09. The zero-order chi connectivity index (χ0) is 11.5. The maximum atomic E-state index is 4.39. The Morgan fingerprint density at radius 1 is 1.31 bits per heavy atom. The molecule has 2 heterocycles. The number of nitrogens with one attached hydrogen (secondary N) is 2. The number of nitrogens with zero attached hydrogens (tertiary/aromatic N) is 4. The Morgan fingerprint density at radius 3 is 2.81 bits per heavy atom. The van der Waals surface area contributed by atoms with E-state index in [2.05, 4.69) is 30.5 Å². The first-order chi connectivity index (χ1) is 7.66. The van der Waals surface area contributed by atoms with Gasteiger partial charge in [-0.3, -0.25) is 10.1 Å². The van der Waals surface area contributed by atoms with E-state index in [9.17, 15) is 0 Å². The third-order valence-electron chi connectivity index (χ3n) is 2.27. The molecule has 84 valence electrons. The number of aromatic amines is 1. The lowest BCUT2D eigenvalue weighted by atomic mass is 10.3. The zero-order valence-corrected chi connectivity index (χ0v) is 9.52. The standard InChI is InChI=1S/C10H14N6/c1-6-4-11-7(2)10(14-6)15-8(3)9-12-5-13-16-9/h4-5,8H,1-3H3,(H,14,15)(H,12,13,16). The normalized spacial score (nSPS) is 12.4. The number of aryl methyl sites for hydroxylation is 2. The van der Waals surface area contributed by atoms with Crippen molar-refractivity contribution in [3.63, 3.8) is 0 Å². The summed E-state index contributed by atoms with van der Waals surface area (Å²) in [5.41, 5.74) is 1.76. The molecule has 16 heavy (non-hydrogen) atoms. The maximum absolute atomic E-state index is 4.39. The van der Waals surface area contributed by atoms with Gasteiger partial charge in [0.05, 0.1) is 17.4 Å². The van der Waals surface area contributed by atoms with Crippen LogP contribution in [0.2, 0.25) is 0 Å². The minimum absolute atomic E-state index is 0.0253. The average Bonchev–Trinajstić information content (AvgIpc) is 2.76. The molecule has 2 N–H and O–H groups in total. The molecule has 1 unspecified atom stereocenters. The van der Waals surface area contributed by atoms with Gasteiger partial charge in [0.25, 0.3) is 0 Å². The Hall–Kier alpha value is -1.98. The SMILES string of the molecule is Cc1cnc(C)c(NC(C)c2ncn[nH]2)n1. The van der Waals surface area contributed by atoms with Gasteiger partial charge in [0.2, 0.25) is 0 Å². The highest BCUT2D eigenvalue weighted by Gasteiger charge is 2.10. The molecule has 2 aromatic rings. The Labute approximate surface area is 93.6 Å². The predicted molar refractivity (Wildman–Crippen MR) is 59.9 cm³/mol. The van der Waals surface area contributed by atoms with Gasteiger partial charge in [-0.15, -0.1) is 0 Å². The number of anilines is 1. The first-order valence-corrected chi connectivity index (χ1v) is 5.09. The molecule has 0 saturated heterocycles. The zero-order valence-electron chi connectivity index (χ0n) is 9.52. The lowest BCUT2D eigenvalue weighted by Gasteiger charge is -2.13. The molecule has 0 bridgehead atoms. The van der Waals surface area contributed by atoms with Crippen LogP contribution in [0.5, 0.6) is 0 Å². The van der Waals surface area contributed by atoms with E-state index >= 15 is 0 Å². The van der Waals surface area contributed by atoms with Crippen LogP contribution >= 0.6 is 0 Å². The van der Waals surface area contributed by atoms with E-state index in [0.29, 0.717) is 0 Å². The van der Waals surface area contributed by atoms with E-state index in [1.807, 2.05) is 20.8 Å². The van der Waals surface area contributed by atoms with Crippen molar-refractivity contribution in [2.45, 2.75) is 26.8 Å². The lowest BCUT2D eigenvalue weighted by Crippen LogP contribution is -2.11. The Balaban J connectivity index is 2.17. The van der Waals surface area contributed by atoms with E-state index < -0.39 is 0 Å². The van der Waals surface area contributed by atoms with E-state index in [1.165, 1.54) is 6.33 Å². The molecule has 0 aliphatic heterocycles. The van der Waals surface area contributed by atoms with Gasteiger partial charge in [0.1, 0.15) is 18.0 Å². The van der Waals surface area contributed by atoms with Gasteiger partial charge in [-0.2, -0.15) is 5.10 Å². The summed E-state index contributed by atoms with van der Waals surface area (Å²) in [6, 6.07) is 0.0253. The van der Waals surface area contributed by atoms with Crippen molar-refractivity contribution < 1.29 is 0 Å². The van der Waals surface area contributed by atoms with Crippen molar-refractivity contribution in [2.24, 2.45) is 0 Å². The minimum Gasteiger partial charge on any atom is -0.359 e. The van der Waals surface area contributed by atoms with Crippen LogP contribution in [-0.2, 0) is 0 Å². The molecule has 0 aliphatic rings. The summed E-state index contributed by atoms with van der Waals surface area (Å²) in [4.78, 5) is 12.7. The monoisotopic (exact) mass is 218 g/mol. The van der Waals surface area contributed by atoms with Crippen LogP contribution in [0.3, 0.4) is 0 Å². The minimum atomic E-state index is 0.0253. The van der Waals surface area contributed by atoms with E-state index in [-0.39, 0.29) is 6.04 Å². The molecule has 0 amide bonds. The van der Waals surface area contributed by atoms with Gasteiger partial charge >= 0.3 is 0 Å².